The summed E-state index contributed by atoms with van der Waals surface area (Å²) in [4.78, 5) is 17.1. The predicted molar refractivity (Wildman–Crippen MR) is 126 cm³/mol. The van der Waals surface area contributed by atoms with Gasteiger partial charge in [-0.15, -0.1) is 0 Å². The van der Waals surface area contributed by atoms with Gasteiger partial charge in [-0.25, -0.2) is 13.4 Å². The minimum atomic E-state index is -3.77. The van der Waals surface area contributed by atoms with Crippen LogP contribution in [0.5, 0.6) is 0 Å². The summed E-state index contributed by atoms with van der Waals surface area (Å²) in [5.41, 5.74) is 2.95. The van der Waals surface area contributed by atoms with Crippen LogP contribution in [0, 0.1) is 24.2 Å². The van der Waals surface area contributed by atoms with Crippen LogP contribution in [0.2, 0.25) is 0 Å². The molecule has 0 radical (unpaired) electrons. The van der Waals surface area contributed by atoms with Crippen molar-refractivity contribution in [3.8, 4) is 17.5 Å². The lowest BCUT2D eigenvalue weighted by Gasteiger charge is -2.30. The van der Waals surface area contributed by atoms with Crippen LogP contribution in [0.3, 0.4) is 0 Å². The van der Waals surface area contributed by atoms with E-state index >= 15 is 0 Å². The molecule has 3 aromatic rings. The molecule has 8 nitrogen and oxygen atoms in total. The minimum Gasteiger partial charge on any atom is -0.444 e. The summed E-state index contributed by atoms with van der Waals surface area (Å²) in [5.74, 6) is 0.211. The number of aromatic nitrogens is 1. The minimum absolute atomic E-state index is 0.0121. The molecule has 1 aliphatic rings. The van der Waals surface area contributed by atoms with Gasteiger partial charge in [-0.1, -0.05) is 29.8 Å². The van der Waals surface area contributed by atoms with E-state index in [0.29, 0.717) is 31.7 Å². The van der Waals surface area contributed by atoms with Crippen LogP contribution in [-0.4, -0.2) is 43.2 Å². The molecule has 1 N–H and O–H groups in total. The molecule has 0 aliphatic carbocycles. The fourth-order valence-electron chi connectivity index (χ4n) is 3.99. The molecule has 0 atom stereocenters. The number of nitriles is 1. The lowest BCUT2D eigenvalue weighted by Crippen LogP contribution is -2.43. The molecule has 0 spiro atoms. The number of rotatable bonds is 7. The molecule has 1 amide bonds. The number of hydrogen-bond acceptors (Lipinski definition) is 6. The molecule has 0 unspecified atom stereocenters. The summed E-state index contributed by atoms with van der Waals surface area (Å²) >= 11 is 0. The second-order valence-electron chi connectivity index (χ2n) is 8.34. The van der Waals surface area contributed by atoms with E-state index in [1.807, 2.05) is 37.3 Å². The number of benzene rings is 2. The monoisotopic (exact) mass is 478 g/mol. The zero-order chi connectivity index (χ0) is 24.1. The molecule has 2 heterocycles. The highest BCUT2D eigenvalue weighted by molar-refractivity contribution is 7.89. The number of piperidine rings is 1. The first-order chi connectivity index (χ1) is 16.4. The van der Waals surface area contributed by atoms with Crippen LogP contribution >= 0.6 is 0 Å². The van der Waals surface area contributed by atoms with Crippen molar-refractivity contribution in [1.29, 1.82) is 5.26 Å². The van der Waals surface area contributed by atoms with Gasteiger partial charge in [0.15, 0.2) is 0 Å². The molecule has 9 heteroatoms. The van der Waals surface area contributed by atoms with E-state index in [4.69, 9.17) is 4.42 Å². The SMILES string of the molecule is Cc1ccc(-c2nc(CCNC(=O)C3CCN(S(=O)(=O)c4ccccc4C#N)CC3)co2)cc1. The summed E-state index contributed by atoms with van der Waals surface area (Å²) in [6, 6.07) is 16.0. The summed E-state index contributed by atoms with van der Waals surface area (Å²) < 4.78 is 32.8. The van der Waals surface area contributed by atoms with Gasteiger partial charge in [0.1, 0.15) is 12.3 Å². The fourth-order valence-corrected chi connectivity index (χ4v) is 5.60. The lowest BCUT2D eigenvalue weighted by molar-refractivity contribution is -0.126. The van der Waals surface area contributed by atoms with Gasteiger partial charge in [-0.2, -0.15) is 9.57 Å². The van der Waals surface area contributed by atoms with Crippen molar-refractivity contribution in [2.24, 2.45) is 5.92 Å². The maximum Gasteiger partial charge on any atom is 0.244 e. The first-order valence-corrected chi connectivity index (χ1v) is 12.6. The first kappa shape index (κ1) is 23.7. The number of nitrogens with zero attached hydrogens (tertiary/aromatic N) is 3. The van der Waals surface area contributed by atoms with Crippen LogP contribution in [0.25, 0.3) is 11.5 Å². The van der Waals surface area contributed by atoms with E-state index in [1.165, 1.54) is 16.4 Å². The number of amides is 1. The molecule has 176 valence electrons. The van der Waals surface area contributed by atoms with Crippen molar-refractivity contribution in [2.75, 3.05) is 19.6 Å². The van der Waals surface area contributed by atoms with Gasteiger partial charge in [0.05, 0.1) is 16.2 Å². The van der Waals surface area contributed by atoms with E-state index in [2.05, 4.69) is 10.3 Å². The second kappa shape index (κ2) is 10.2. The molecule has 0 bridgehead atoms. The maximum absolute atomic E-state index is 13.0. The van der Waals surface area contributed by atoms with E-state index in [-0.39, 0.29) is 35.4 Å². The molecule has 34 heavy (non-hydrogen) atoms. The number of nitrogens with one attached hydrogen (secondary N) is 1. The smallest absolute Gasteiger partial charge is 0.244 e. The van der Waals surface area contributed by atoms with Crippen LogP contribution in [-0.2, 0) is 21.2 Å². The third-order valence-electron chi connectivity index (χ3n) is 5.98. The Labute approximate surface area is 199 Å². The van der Waals surface area contributed by atoms with Crippen LogP contribution < -0.4 is 5.32 Å². The van der Waals surface area contributed by atoms with Gasteiger partial charge in [0.2, 0.25) is 21.8 Å². The molecule has 1 aliphatic heterocycles. The average molecular weight is 479 g/mol. The van der Waals surface area contributed by atoms with Gasteiger partial charge >= 0.3 is 0 Å². The van der Waals surface area contributed by atoms with Crippen LogP contribution in [0.15, 0.2) is 64.1 Å². The molecular formula is C25H26N4O4S. The summed E-state index contributed by atoms with van der Waals surface area (Å²) in [7, 11) is -3.77. The Balaban J connectivity index is 1.27. The van der Waals surface area contributed by atoms with Crippen LogP contribution in [0.1, 0.15) is 29.7 Å². The number of sulfonamides is 1. The van der Waals surface area contributed by atoms with E-state index in [9.17, 15) is 18.5 Å². The zero-order valence-corrected chi connectivity index (χ0v) is 19.7. The van der Waals surface area contributed by atoms with Crippen molar-refractivity contribution in [1.82, 2.24) is 14.6 Å². The predicted octanol–water partition coefficient (Wildman–Crippen LogP) is 3.28. The Bertz CT molecular complexity index is 1300. The lowest BCUT2D eigenvalue weighted by atomic mass is 9.97. The normalized spacial score (nSPS) is 15.1. The van der Waals surface area contributed by atoms with Crippen molar-refractivity contribution in [3.63, 3.8) is 0 Å². The van der Waals surface area contributed by atoms with Crippen molar-refractivity contribution in [2.45, 2.75) is 31.1 Å². The Morgan fingerprint density at radius 2 is 1.88 bits per heavy atom. The zero-order valence-electron chi connectivity index (χ0n) is 18.9. The highest BCUT2D eigenvalue weighted by Crippen LogP contribution is 2.26. The summed E-state index contributed by atoms with van der Waals surface area (Å²) in [6.45, 7) is 2.92. The Morgan fingerprint density at radius 1 is 1.18 bits per heavy atom. The quantitative estimate of drug-likeness (QED) is 0.557. The topological polar surface area (TPSA) is 116 Å². The van der Waals surface area contributed by atoms with E-state index in [0.717, 1.165) is 16.8 Å². The van der Waals surface area contributed by atoms with E-state index in [1.54, 1.807) is 18.4 Å². The van der Waals surface area contributed by atoms with Gasteiger partial charge < -0.3 is 9.73 Å². The third kappa shape index (κ3) is 5.19. The molecule has 1 saturated heterocycles. The van der Waals surface area contributed by atoms with Crippen molar-refractivity contribution in [3.05, 3.63) is 71.6 Å². The molecule has 1 fully saturated rings. The van der Waals surface area contributed by atoms with Gasteiger partial charge in [0.25, 0.3) is 0 Å². The molecular weight excluding hydrogens is 452 g/mol. The molecule has 2 aromatic carbocycles. The van der Waals surface area contributed by atoms with Gasteiger partial charge in [0, 0.05) is 37.5 Å². The standard InChI is InChI=1S/C25H26N4O4S/c1-18-6-8-20(9-7-18)25-28-22(17-33-25)10-13-27-24(30)19-11-14-29(15-12-19)34(31,32)23-5-3-2-4-21(23)16-26/h2-9,17,19H,10-15H2,1H3,(H,27,30). The van der Waals surface area contributed by atoms with Crippen molar-refractivity contribution < 1.29 is 17.6 Å². The molecule has 4 rings (SSSR count). The summed E-state index contributed by atoms with van der Waals surface area (Å²) in [6.07, 6.45) is 3.01. The van der Waals surface area contributed by atoms with Gasteiger partial charge in [-0.3, -0.25) is 4.79 Å². The Morgan fingerprint density at radius 3 is 2.59 bits per heavy atom. The highest BCUT2D eigenvalue weighted by atomic mass is 32.2. The maximum atomic E-state index is 13.0. The largest absolute Gasteiger partial charge is 0.444 e. The van der Waals surface area contributed by atoms with Gasteiger partial charge in [-0.05, 0) is 44.0 Å². The van der Waals surface area contributed by atoms with Crippen molar-refractivity contribution >= 4 is 15.9 Å². The molecule has 1 aromatic heterocycles. The Hall–Kier alpha value is -3.48. The second-order valence-corrected chi connectivity index (χ2v) is 10.2. The first-order valence-electron chi connectivity index (χ1n) is 11.2. The average Bonchev–Trinajstić information content (AvgIpc) is 3.33. The number of oxazole rings is 1. The molecule has 0 saturated carbocycles. The third-order valence-corrected chi connectivity index (χ3v) is 7.94. The van der Waals surface area contributed by atoms with Crippen LogP contribution in [0.4, 0.5) is 0 Å². The number of carbonyl (C=O) groups is 1. The summed E-state index contributed by atoms with van der Waals surface area (Å²) in [5, 5.41) is 12.2. The highest BCUT2D eigenvalue weighted by Gasteiger charge is 2.33. The fraction of sp³-hybridized carbons (Fsp3) is 0.320. The number of aryl methyl sites for hydroxylation is 1. The number of hydrogen-bond donors (Lipinski definition) is 1. The Kier molecular flexibility index (Phi) is 7.10. The number of carbonyl (C=O) groups excluding carboxylic acids is 1. The van der Waals surface area contributed by atoms with E-state index < -0.39 is 10.0 Å².